The summed E-state index contributed by atoms with van der Waals surface area (Å²) in [5.41, 5.74) is 8.25. The van der Waals surface area contributed by atoms with Gasteiger partial charge in [0.25, 0.3) is 0 Å². The molecule has 0 saturated heterocycles. The van der Waals surface area contributed by atoms with Gasteiger partial charge in [-0.1, -0.05) is 118 Å². The predicted molar refractivity (Wildman–Crippen MR) is 101 cm³/mol. The van der Waals surface area contributed by atoms with Gasteiger partial charge in [-0.2, -0.15) is 0 Å². The van der Waals surface area contributed by atoms with Gasteiger partial charge in [-0.15, -0.1) is 0 Å². The molecule has 0 bridgehead atoms. The Kier molecular flexibility index (Phi) is 14.5. The minimum absolute atomic E-state index is 0.116. The molecule has 1 nitrogen and oxygen atoms in total. The van der Waals surface area contributed by atoms with E-state index in [-0.39, 0.29) is 11.5 Å². The van der Waals surface area contributed by atoms with Crippen LogP contribution in [-0.2, 0) is 0 Å². The standard InChI is InChI=1S/C21H44N/c1-5-6-7-8-9-10-11-12-13-14-15-16-17-18-19-20(22)21(2,3)4/h20,22H,5-19H2,1-4H3. The first-order valence-electron chi connectivity index (χ1n) is 10.2. The number of hydrogen-bond acceptors (Lipinski definition) is 0. The van der Waals surface area contributed by atoms with Crippen molar-refractivity contribution in [3.8, 4) is 0 Å². The molecule has 0 fully saturated rings. The molecule has 1 unspecified atom stereocenters. The SMILES string of the molecule is CCCCCCCCCCCCCCCCC([NH])C(C)(C)C. The molecule has 1 N–H and O–H groups in total. The molecule has 133 valence electrons. The molecule has 22 heavy (non-hydrogen) atoms. The fourth-order valence-corrected chi connectivity index (χ4v) is 2.98. The summed E-state index contributed by atoms with van der Waals surface area (Å²) >= 11 is 0. The second kappa shape index (κ2) is 14.5. The summed E-state index contributed by atoms with van der Waals surface area (Å²) < 4.78 is 0. The molecule has 0 aliphatic carbocycles. The normalized spacial score (nSPS) is 13.5. The van der Waals surface area contributed by atoms with E-state index in [1.807, 2.05) is 0 Å². The molecule has 0 saturated carbocycles. The Balaban J connectivity index is 3.12. The van der Waals surface area contributed by atoms with Gasteiger partial charge >= 0.3 is 0 Å². The third kappa shape index (κ3) is 14.9. The Labute approximate surface area is 141 Å². The zero-order chi connectivity index (χ0) is 16.7. The summed E-state index contributed by atoms with van der Waals surface area (Å²) in [6, 6.07) is 0.116. The molecule has 0 amide bonds. The van der Waals surface area contributed by atoms with Crippen molar-refractivity contribution in [1.29, 1.82) is 0 Å². The molecule has 1 heteroatoms. The zero-order valence-electron chi connectivity index (χ0n) is 16.2. The fraction of sp³-hybridized carbons (Fsp3) is 1.00. The number of nitrogens with one attached hydrogen (secondary N) is 1. The quantitative estimate of drug-likeness (QED) is 0.279. The Bertz CT molecular complexity index is 216. The van der Waals surface area contributed by atoms with Crippen LogP contribution < -0.4 is 5.73 Å². The van der Waals surface area contributed by atoms with Crippen molar-refractivity contribution >= 4 is 0 Å². The first-order chi connectivity index (χ1) is 10.5. The van der Waals surface area contributed by atoms with E-state index < -0.39 is 0 Å². The first-order valence-corrected chi connectivity index (χ1v) is 10.2. The van der Waals surface area contributed by atoms with Crippen LogP contribution in [0.1, 0.15) is 124 Å². The number of hydrogen-bond donors (Lipinski definition) is 0. The van der Waals surface area contributed by atoms with Crippen LogP contribution in [0.2, 0.25) is 0 Å². The zero-order valence-corrected chi connectivity index (χ0v) is 16.2. The van der Waals surface area contributed by atoms with Gasteiger partial charge in [0.1, 0.15) is 0 Å². The molecule has 0 heterocycles. The van der Waals surface area contributed by atoms with E-state index in [9.17, 15) is 0 Å². The van der Waals surface area contributed by atoms with Crippen LogP contribution in [0.25, 0.3) is 0 Å². The lowest BCUT2D eigenvalue weighted by Crippen LogP contribution is -2.27. The highest BCUT2D eigenvalue weighted by Gasteiger charge is 2.20. The second-order valence-electron chi connectivity index (χ2n) is 8.30. The summed E-state index contributed by atoms with van der Waals surface area (Å²) in [5.74, 6) is 0. The van der Waals surface area contributed by atoms with Gasteiger partial charge in [0, 0.05) is 6.04 Å². The highest BCUT2D eigenvalue weighted by atomic mass is 14.7. The van der Waals surface area contributed by atoms with Crippen LogP contribution in [0.3, 0.4) is 0 Å². The fourth-order valence-electron chi connectivity index (χ4n) is 2.98. The first kappa shape index (κ1) is 22.0. The third-order valence-corrected chi connectivity index (χ3v) is 4.89. The Morgan fingerprint density at radius 2 is 0.909 bits per heavy atom. The van der Waals surface area contributed by atoms with Crippen LogP contribution in [0.5, 0.6) is 0 Å². The Morgan fingerprint density at radius 3 is 1.23 bits per heavy atom. The smallest absolute Gasteiger partial charge is 0.0261 e. The number of unbranched alkanes of at least 4 members (excludes halogenated alkanes) is 13. The van der Waals surface area contributed by atoms with E-state index in [1.54, 1.807) is 0 Å². The summed E-state index contributed by atoms with van der Waals surface area (Å²) in [7, 11) is 0. The van der Waals surface area contributed by atoms with Crippen molar-refractivity contribution in [2.75, 3.05) is 0 Å². The van der Waals surface area contributed by atoms with E-state index in [2.05, 4.69) is 27.7 Å². The summed E-state index contributed by atoms with van der Waals surface area (Å²) in [6.45, 7) is 8.85. The average Bonchev–Trinajstić information content (AvgIpc) is 2.46. The van der Waals surface area contributed by atoms with E-state index >= 15 is 0 Å². The highest BCUT2D eigenvalue weighted by Crippen LogP contribution is 2.23. The molecule has 0 aromatic rings. The van der Waals surface area contributed by atoms with Gasteiger partial charge in [0.15, 0.2) is 0 Å². The lowest BCUT2D eigenvalue weighted by molar-refractivity contribution is 0.290. The lowest BCUT2D eigenvalue weighted by Gasteiger charge is -2.25. The van der Waals surface area contributed by atoms with Crippen molar-refractivity contribution in [2.45, 2.75) is 130 Å². The van der Waals surface area contributed by atoms with Crippen LogP contribution in [0, 0.1) is 5.41 Å². The average molecular weight is 311 g/mol. The van der Waals surface area contributed by atoms with E-state index in [0.717, 1.165) is 6.42 Å². The molecular formula is C21H44N. The molecule has 1 radical (unpaired) electrons. The van der Waals surface area contributed by atoms with Gasteiger partial charge in [0.05, 0.1) is 0 Å². The van der Waals surface area contributed by atoms with Crippen molar-refractivity contribution in [3.05, 3.63) is 0 Å². The topological polar surface area (TPSA) is 23.8 Å². The van der Waals surface area contributed by atoms with E-state index in [4.69, 9.17) is 5.73 Å². The Hall–Kier alpha value is -0.0400. The Morgan fingerprint density at radius 1 is 0.591 bits per heavy atom. The van der Waals surface area contributed by atoms with Gasteiger partial charge < -0.3 is 0 Å². The third-order valence-electron chi connectivity index (χ3n) is 4.89. The van der Waals surface area contributed by atoms with Crippen molar-refractivity contribution in [1.82, 2.24) is 5.73 Å². The molecule has 0 aromatic carbocycles. The predicted octanol–water partition coefficient (Wildman–Crippen LogP) is 7.56. The maximum atomic E-state index is 8.09. The number of rotatable bonds is 15. The molecule has 0 aliphatic rings. The van der Waals surface area contributed by atoms with E-state index in [1.165, 1.54) is 89.9 Å². The van der Waals surface area contributed by atoms with Gasteiger partial charge in [-0.25, -0.2) is 0 Å². The highest BCUT2D eigenvalue weighted by molar-refractivity contribution is 4.75. The van der Waals surface area contributed by atoms with Crippen LogP contribution in [0.4, 0.5) is 0 Å². The maximum absolute atomic E-state index is 8.09. The van der Waals surface area contributed by atoms with E-state index in [0.29, 0.717) is 0 Å². The molecule has 1 atom stereocenters. The molecule has 0 spiro atoms. The summed E-state index contributed by atoms with van der Waals surface area (Å²) in [4.78, 5) is 0. The summed E-state index contributed by atoms with van der Waals surface area (Å²) in [5, 5.41) is 0. The van der Waals surface area contributed by atoms with Gasteiger partial charge in [0.2, 0.25) is 0 Å². The minimum atomic E-state index is 0.116. The van der Waals surface area contributed by atoms with Gasteiger partial charge in [-0.05, 0) is 11.8 Å². The van der Waals surface area contributed by atoms with Crippen LogP contribution >= 0.6 is 0 Å². The van der Waals surface area contributed by atoms with Crippen molar-refractivity contribution in [2.24, 2.45) is 5.41 Å². The molecule has 0 rings (SSSR count). The van der Waals surface area contributed by atoms with Crippen LogP contribution in [0.15, 0.2) is 0 Å². The molecular weight excluding hydrogens is 266 g/mol. The summed E-state index contributed by atoms with van der Waals surface area (Å²) in [6.07, 6.45) is 20.9. The van der Waals surface area contributed by atoms with Gasteiger partial charge in [-0.3, -0.25) is 5.73 Å². The largest absolute Gasteiger partial charge is 0.254 e. The monoisotopic (exact) mass is 310 g/mol. The maximum Gasteiger partial charge on any atom is 0.0261 e. The second-order valence-corrected chi connectivity index (χ2v) is 8.30. The van der Waals surface area contributed by atoms with Crippen LogP contribution in [-0.4, -0.2) is 6.04 Å². The van der Waals surface area contributed by atoms with Crippen molar-refractivity contribution in [3.63, 3.8) is 0 Å². The lowest BCUT2D eigenvalue weighted by atomic mass is 9.84. The minimum Gasteiger partial charge on any atom is -0.254 e. The van der Waals surface area contributed by atoms with Crippen molar-refractivity contribution < 1.29 is 0 Å². The molecule has 0 aromatic heterocycles. The molecule has 0 aliphatic heterocycles.